The Morgan fingerprint density at radius 3 is 1.80 bits per heavy atom. The lowest BCUT2D eigenvalue weighted by molar-refractivity contribution is -0.0434. The first-order valence-electron chi connectivity index (χ1n) is 8.43. The normalized spacial score (nSPS) is 15.5. The summed E-state index contributed by atoms with van der Waals surface area (Å²) in [6.45, 7) is 1.65. The smallest absolute Gasteiger partial charge is 0.331 e. The van der Waals surface area contributed by atoms with Gasteiger partial charge in [-0.3, -0.25) is 4.57 Å². The monoisotopic (exact) mass is 362 g/mol. The lowest BCUT2D eigenvalue weighted by Gasteiger charge is -2.20. The molecule has 0 aliphatic carbocycles. The Morgan fingerprint density at radius 1 is 0.840 bits per heavy atom. The van der Waals surface area contributed by atoms with Crippen molar-refractivity contribution < 1.29 is 23.1 Å². The summed E-state index contributed by atoms with van der Waals surface area (Å²) in [6.07, 6.45) is 0.423. The Kier molecular flexibility index (Phi) is 6.79. The van der Waals surface area contributed by atoms with Crippen molar-refractivity contribution in [2.75, 3.05) is 19.4 Å². The highest BCUT2D eigenvalue weighted by Crippen LogP contribution is 2.50. The highest BCUT2D eigenvalue weighted by atomic mass is 31.2. The van der Waals surface area contributed by atoms with Crippen LogP contribution in [0.5, 0.6) is 0 Å². The van der Waals surface area contributed by atoms with Gasteiger partial charge in [0.1, 0.15) is 0 Å². The second kappa shape index (κ2) is 9.27. The van der Waals surface area contributed by atoms with Crippen molar-refractivity contribution in [2.45, 2.75) is 25.9 Å². The van der Waals surface area contributed by atoms with Gasteiger partial charge in [0, 0.05) is 6.42 Å². The largest absolute Gasteiger partial charge is 0.350 e. The van der Waals surface area contributed by atoms with Crippen LogP contribution in [0.2, 0.25) is 0 Å². The Morgan fingerprint density at radius 2 is 1.32 bits per heavy atom. The molecular weight excluding hydrogens is 339 g/mol. The van der Waals surface area contributed by atoms with Crippen molar-refractivity contribution in [3.8, 4) is 0 Å². The quantitative estimate of drug-likeness (QED) is 0.620. The van der Waals surface area contributed by atoms with Crippen LogP contribution in [0.15, 0.2) is 60.7 Å². The van der Waals surface area contributed by atoms with E-state index in [1.807, 2.05) is 60.7 Å². The highest BCUT2D eigenvalue weighted by molar-refractivity contribution is 7.53. The van der Waals surface area contributed by atoms with Crippen LogP contribution in [-0.2, 0) is 36.3 Å². The molecule has 0 spiro atoms. The average Bonchev–Trinajstić information content (AvgIpc) is 3.19. The fourth-order valence-corrected chi connectivity index (χ4v) is 4.05. The van der Waals surface area contributed by atoms with Crippen LogP contribution in [0.4, 0.5) is 0 Å². The summed E-state index contributed by atoms with van der Waals surface area (Å²) in [5.41, 5.74) is 1.92. The minimum Gasteiger partial charge on any atom is -0.350 e. The van der Waals surface area contributed by atoms with Gasteiger partial charge in [0.05, 0.1) is 32.6 Å². The van der Waals surface area contributed by atoms with Crippen molar-refractivity contribution in [3.63, 3.8) is 0 Å². The SMILES string of the molecule is O=P(CCC1OCCO1)(OCc1ccccc1)OCc1ccccc1. The van der Waals surface area contributed by atoms with Crippen molar-refractivity contribution in [1.82, 2.24) is 0 Å². The molecule has 6 heteroatoms. The van der Waals surface area contributed by atoms with E-state index in [-0.39, 0.29) is 25.7 Å². The molecule has 5 nitrogen and oxygen atoms in total. The Balaban J connectivity index is 1.60. The first kappa shape index (κ1) is 18.3. The molecule has 1 fully saturated rings. The van der Waals surface area contributed by atoms with Crippen molar-refractivity contribution in [1.29, 1.82) is 0 Å². The van der Waals surface area contributed by atoms with Gasteiger partial charge in [-0.2, -0.15) is 0 Å². The topological polar surface area (TPSA) is 54.0 Å². The summed E-state index contributed by atoms with van der Waals surface area (Å²) < 4.78 is 35.4. The van der Waals surface area contributed by atoms with E-state index in [1.54, 1.807) is 0 Å². The molecule has 0 radical (unpaired) electrons. The number of hydrogen-bond acceptors (Lipinski definition) is 5. The van der Waals surface area contributed by atoms with E-state index in [2.05, 4.69) is 0 Å². The van der Waals surface area contributed by atoms with Gasteiger partial charge in [0.15, 0.2) is 6.29 Å². The van der Waals surface area contributed by atoms with Gasteiger partial charge in [-0.25, -0.2) is 0 Å². The van der Waals surface area contributed by atoms with E-state index in [0.717, 1.165) is 11.1 Å². The Bertz CT molecular complexity index is 623. The van der Waals surface area contributed by atoms with Gasteiger partial charge in [-0.15, -0.1) is 0 Å². The fraction of sp³-hybridized carbons (Fsp3) is 0.368. The van der Waals surface area contributed by atoms with Crippen LogP contribution < -0.4 is 0 Å². The molecule has 3 rings (SSSR count). The van der Waals surface area contributed by atoms with Crippen molar-refractivity contribution in [3.05, 3.63) is 71.8 Å². The predicted molar refractivity (Wildman–Crippen MR) is 95.2 cm³/mol. The summed E-state index contributed by atoms with van der Waals surface area (Å²) >= 11 is 0. The minimum atomic E-state index is -3.26. The summed E-state index contributed by atoms with van der Waals surface area (Å²) in [5.74, 6) is 0. The maximum absolute atomic E-state index is 13.2. The van der Waals surface area contributed by atoms with Gasteiger partial charge in [0.2, 0.25) is 0 Å². The molecule has 0 bridgehead atoms. The molecule has 25 heavy (non-hydrogen) atoms. The van der Waals surface area contributed by atoms with Gasteiger partial charge in [-0.1, -0.05) is 60.7 Å². The van der Waals surface area contributed by atoms with Crippen LogP contribution in [0, 0.1) is 0 Å². The van der Waals surface area contributed by atoms with Gasteiger partial charge in [0.25, 0.3) is 0 Å². The summed E-state index contributed by atoms with van der Waals surface area (Å²) in [5, 5.41) is 0. The fourth-order valence-electron chi connectivity index (χ4n) is 2.50. The third-order valence-corrected chi connectivity index (χ3v) is 5.72. The molecule has 0 N–H and O–H groups in total. The molecule has 134 valence electrons. The Labute approximate surface area is 148 Å². The van der Waals surface area contributed by atoms with E-state index < -0.39 is 7.60 Å². The number of rotatable bonds is 9. The molecule has 0 amide bonds. The Hall–Kier alpha value is -1.49. The van der Waals surface area contributed by atoms with Gasteiger partial charge in [-0.05, 0) is 11.1 Å². The number of hydrogen-bond donors (Lipinski definition) is 0. The zero-order valence-corrected chi connectivity index (χ0v) is 15.0. The molecule has 0 aromatic heterocycles. The molecule has 2 aromatic carbocycles. The average molecular weight is 362 g/mol. The molecule has 1 heterocycles. The zero-order valence-electron chi connectivity index (χ0n) is 14.1. The number of benzene rings is 2. The minimum absolute atomic E-state index is 0.249. The molecule has 1 saturated heterocycles. The van der Waals surface area contributed by atoms with E-state index in [1.165, 1.54) is 0 Å². The van der Waals surface area contributed by atoms with Gasteiger partial charge >= 0.3 is 7.60 Å². The summed E-state index contributed by atoms with van der Waals surface area (Å²) in [4.78, 5) is 0. The van der Waals surface area contributed by atoms with E-state index in [0.29, 0.717) is 19.6 Å². The van der Waals surface area contributed by atoms with E-state index in [9.17, 15) is 4.57 Å². The molecule has 1 aliphatic rings. The second-order valence-electron chi connectivity index (χ2n) is 5.81. The van der Waals surface area contributed by atoms with E-state index >= 15 is 0 Å². The predicted octanol–water partition coefficient (Wildman–Crippen LogP) is 4.38. The van der Waals surface area contributed by atoms with Crippen molar-refractivity contribution >= 4 is 7.60 Å². The third kappa shape index (κ3) is 6.07. The first-order chi connectivity index (χ1) is 12.2. The third-order valence-electron chi connectivity index (χ3n) is 3.87. The lowest BCUT2D eigenvalue weighted by Crippen LogP contribution is -2.12. The maximum atomic E-state index is 13.2. The second-order valence-corrected chi connectivity index (χ2v) is 8.00. The van der Waals surface area contributed by atoms with Gasteiger partial charge < -0.3 is 18.5 Å². The number of ether oxygens (including phenoxy) is 2. The zero-order chi connectivity index (χ0) is 17.4. The summed E-state index contributed by atoms with van der Waals surface area (Å²) in [7, 11) is -3.26. The first-order valence-corrected chi connectivity index (χ1v) is 10.2. The van der Waals surface area contributed by atoms with Crippen LogP contribution in [0.1, 0.15) is 17.5 Å². The van der Waals surface area contributed by atoms with E-state index in [4.69, 9.17) is 18.5 Å². The molecular formula is C19H23O5P. The standard InChI is InChI=1S/C19H23O5P/c20-25(14-11-19-21-12-13-22-19,23-15-17-7-3-1-4-8-17)24-16-18-9-5-2-6-10-18/h1-10,19H,11-16H2. The van der Waals surface area contributed by atoms with Crippen LogP contribution >= 0.6 is 7.60 Å². The van der Waals surface area contributed by atoms with Crippen molar-refractivity contribution in [2.24, 2.45) is 0 Å². The highest BCUT2D eigenvalue weighted by Gasteiger charge is 2.28. The van der Waals surface area contributed by atoms with Crippen LogP contribution in [0.3, 0.4) is 0 Å². The van der Waals surface area contributed by atoms with Crippen LogP contribution in [0.25, 0.3) is 0 Å². The summed E-state index contributed by atoms with van der Waals surface area (Å²) in [6, 6.07) is 19.3. The van der Waals surface area contributed by atoms with Crippen LogP contribution in [-0.4, -0.2) is 25.7 Å². The molecule has 1 aliphatic heterocycles. The lowest BCUT2D eigenvalue weighted by atomic mass is 10.2. The maximum Gasteiger partial charge on any atom is 0.331 e. The molecule has 0 saturated carbocycles. The molecule has 0 unspecified atom stereocenters. The molecule has 2 aromatic rings. The molecule has 0 atom stereocenters.